The average Bonchev–Trinajstić information content (AvgIpc) is 2.91. The minimum Gasteiger partial charge on any atom is -0.481 e. The summed E-state index contributed by atoms with van der Waals surface area (Å²) in [6.45, 7) is 0. The molecule has 2 aromatic heterocycles. The molecule has 0 unspecified atom stereocenters. The zero-order chi connectivity index (χ0) is 11.0. The van der Waals surface area contributed by atoms with Gasteiger partial charge in [0, 0.05) is 5.65 Å². The fourth-order valence-electron chi connectivity index (χ4n) is 1.76. The van der Waals surface area contributed by atoms with E-state index in [1.165, 1.54) is 0 Å². The van der Waals surface area contributed by atoms with Gasteiger partial charge in [0.1, 0.15) is 0 Å². The first-order chi connectivity index (χ1) is 7.90. The average molecular weight is 212 g/mol. The van der Waals surface area contributed by atoms with Gasteiger partial charge in [0.15, 0.2) is 0 Å². The first kappa shape index (κ1) is 9.03. The van der Waals surface area contributed by atoms with Crippen LogP contribution in [-0.2, 0) is 0 Å². The molecule has 0 aliphatic carbocycles. The molecule has 4 nitrogen and oxygen atoms in total. The molecule has 0 aliphatic rings. The molecule has 1 aromatic carbocycles. The summed E-state index contributed by atoms with van der Waals surface area (Å²) in [6, 6.07) is 9.98. The Balaban J connectivity index is 2.28. The second-order valence-corrected chi connectivity index (χ2v) is 3.43. The highest BCUT2D eigenvalue weighted by Crippen LogP contribution is 2.25. The quantitative estimate of drug-likeness (QED) is 0.652. The lowest BCUT2D eigenvalue weighted by Gasteiger charge is -2.02. The maximum Gasteiger partial charge on any atom is 0.212 e. The minimum atomic E-state index is 0.559. The van der Waals surface area contributed by atoms with Gasteiger partial charge in [0.25, 0.3) is 0 Å². The summed E-state index contributed by atoms with van der Waals surface area (Å²) >= 11 is 0. The number of methoxy groups -OCH3 is 1. The van der Waals surface area contributed by atoms with E-state index in [2.05, 4.69) is 9.97 Å². The lowest BCUT2D eigenvalue weighted by Crippen LogP contribution is -1.85. The fraction of sp³-hybridized carbons (Fsp3) is 0.0833. The van der Waals surface area contributed by atoms with E-state index in [4.69, 9.17) is 4.74 Å². The van der Waals surface area contributed by atoms with Crippen LogP contribution in [0.2, 0.25) is 0 Å². The van der Waals surface area contributed by atoms with Crippen LogP contribution in [-0.4, -0.2) is 16.5 Å². The van der Waals surface area contributed by atoms with Gasteiger partial charge in [-0.25, -0.2) is 4.98 Å². The Bertz CT molecular complexity index is 610. The standard InChI is InChI=1S/C12H10N3O/c1-16-12-11-13-7-8-15(11)10(14-12)9-5-3-2-4-6-9/h2-8H,1H3/q-1. The van der Waals surface area contributed by atoms with Crippen molar-refractivity contribution < 1.29 is 4.74 Å². The summed E-state index contributed by atoms with van der Waals surface area (Å²) in [6.07, 6.45) is 3.62. The third-order valence-electron chi connectivity index (χ3n) is 2.49. The first-order valence-corrected chi connectivity index (χ1v) is 4.99. The van der Waals surface area contributed by atoms with E-state index >= 15 is 0 Å². The number of benzene rings is 1. The number of hydrogen-bond acceptors (Lipinski definition) is 2. The summed E-state index contributed by atoms with van der Waals surface area (Å²) < 4.78 is 7.12. The number of fused-ring (bicyclic) bond motifs is 1. The van der Waals surface area contributed by atoms with Crippen LogP contribution in [0.1, 0.15) is 0 Å². The Morgan fingerprint density at radius 3 is 2.81 bits per heavy atom. The normalized spacial score (nSPS) is 10.8. The van der Waals surface area contributed by atoms with Crippen molar-refractivity contribution in [2.75, 3.05) is 7.11 Å². The zero-order valence-electron chi connectivity index (χ0n) is 8.79. The van der Waals surface area contributed by atoms with Gasteiger partial charge in [0.05, 0.1) is 12.9 Å². The van der Waals surface area contributed by atoms with Crippen LogP contribution in [0.5, 0.6) is 5.88 Å². The molecule has 3 aromatic rings. The molecule has 0 amide bonds. The van der Waals surface area contributed by atoms with E-state index in [1.54, 1.807) is 13.3 Å². The molecule has 16 heavy (non-hydrogen) atoms. The second kappa shape index (κ2) is 3.41. The molecule has 0 saturated carbocycles. The minimum absolute atomic E-state index is 0.559. The van der Waals surface area contributed by atoms with E-state index in [1.807, 2.05) is 40.9 Å². The third-order valence-corrected chi connectivity index (χ3v) is 2.49. The van der Waals surface area contributed by atoms with E-state index in [9.17, 15) is 0 Å². The van der Waals surface area contributed by atoms with Gasteiger partial charge in [-0.1, -0.05) is 42.7 Å². The van der Waals surface area contributed by atoms with Crippen molar-refractivity contribution >= 4 is 5.65 Å². The van der Waals surface area contributed by atoms with Crippen molar-refractivity contribution in [1.82, 2.24) is 14.4 Å². The summed E-state index contributed by atoms with van der Waals surface area (Å²) in [5.74, 6) is 1.41. The molecule has 4 heteroatoms. The molecule has 0 spiro atoms. The monoisotopic (exact) mass is 212 g/mol. The number of hydrogen-bond donors (Lipinski definition) is 0. The molecule has 2 heterocycles. The number of aromatic nitrogens is 3. The highest BCUT2D eigenvalue weighted by molar-refractivity contribution is 5.65. The predicted molar refractivity (Wildman–Crippen MR) is 60.5 cm³/mol. The Kier molecular flexibility index (Phi) is 1.93. The molecular formula is C12H10N3O-. The van der Waals surface area contributed by atoms with E-state index < -0.39 is 0 Å². The van der Waals surface area contributed by atoms with E-state index in [-0.39, 0.29) is 0 Å². The van der Waals surface area contributed by atoms with Crippen LogP contribution < -0.4 is 9.72 Å². The van der Waals surface area contributed by atoms with Gasteiger partial charge in [-0.2, -0.15) is 0 Å². The van der Waals surface area contributed by atoms with Crippen LogP contribution in [0.4, 0.5) is 0 Å². The summed E-state index contributed by atoms with van der Waals surface area (Å²) in [5.41, 5.74) is 1.80. The zero-order valence-corrected chi connectivity index (χ0v) is 8.79. The highest BCUT2D eigenvalue weighted by atomic mass is 16.5. The Hall–Kier alpha value is -2.23. The fourth-order valence-corrected chi connectivity index (χ4v) is 1.76. The highest BCUT2D eigenvalue weighted by Gasteiger charge is 2.05. The number of imidazole rings is 2. The maximum atomic E-state index is 5.19. The van der Waals surface area contributed by atoms with Crippen LogP contribution in [0.25, 0.3) is 17.0 Å². The molecule has 3 rings (SSSR count). The van der Waals surface area contributed by atoms with Crippen molar-refractivity contribution in [3.8, 4) is 17.3 Å². The molecule has 0 aliphatic heterocycles. The molecular weight excluding hydrogens is 202 g/mol. The molecule has 0 fully saturated rings. The van der Waals surface area contributed by atoms with Gasteiger partial charge >= 0.3 is 0 Å². The van der Waals surface area contributed by atoms with Gasteiger partial charge in [-0.3, -0.25) is 0 Å². The molecule has 0 N–H and O–H groups in total. The summed E-state index contributed by atoms with van der Waals surface area (Å²) in [4.78, 5) is 8.63. The number of rotatable bonds is 2. The SMILES string of the molecule is COc1nc(-c2ccccc2)n2cc[n-]c12. The van der Waals surface area contributed by atoms with Crippen molar-refractivity contribution in [1.29, 1.82) is 0 Å². The topological polar surface area (TPSA) is 40.6 Å². The Morgan fingerprint density at radius 2 is 2.06 bits per heavy atom. The molecule has 0 bridgehead atoms. The predicted octanol–water partition coefficient (Wildman–Crippen LogP) is 1.97. The summed E-state index contributed by atoms with van der Waals surface area (Å²) in [5, 5.41) is 0. The lowest BCUT2D eigenvalue weighted by atomic mass is 10.2. The van der Waals surface area contributed by atoms with Crippen LogP contribution in [0.15, 0.2) is 42.7 Å². The molecule has 0 saturated heterocycles. The second-order valence-electron chi connectivity index (χ2n) is 3.43. The largest absolute Gasteiger partial charge is 0.481 e. The van der Waals surface area contributed by atoms with E-state index in [0.29, 0.717) is 5.88 Å². The third kappa shape index (κ3) is 1.20. The maximum absolute atomic E-state index is 5.19. The van der Waals surface area contributed by atoms with Crippen molar-refractivity contribution in [3.63, 3.8) is 0 Å². The van der Waals surface area contributed by atoms with Gasteiger partial charge in [0.2, 0.25) is 5.88 Å². The summed E-state index contributed by atoms with van der Waals surface area (Å²) in [7, 11) is 1.60. The van der Waals surface area contributed by atoms with E-state index in [0.717, 1.165) is 17.0 Å². The van der Waals surface area contributed by atoms with Gasteiger partial charge in [-0.15, -0.1) is 0 Å². The van der Waals surface area contributed by atoms with Crippen molar-refractivity contribution in [2.24, 2.45) is 0 Å². The van der Waals surface area contributed by atoms with Crippen LogP contribution >= 0.6 is 0 Å². The number of ether oxygens (including phenoxy) is 1. The number of nitrogens with zero attached hydrogens (tertiary/aromatic N) is 3. The first-order valence-electron chi connectivity index (χ1n) is 4.99. The lowest BCUT2D eigenvalue weighted by molar-refractivity contribution is 0.404. The smallest absolute Gasteiger partial charge is 0.212 e. The molecule has 0 atom stereocenters. The van der Waals surface area contributed by atoms with Gasteiger partial charge < -0.3 is 14.1 Å². The molecule has 80 valence electrons. The van der Waals surface area contributed by atoms with Gasteiger partial charge in [-0.05, 0) is 5.56 Å². The Labute approximate surface area is 92.5 Å². The molecule has 0 radical (unpaired) electrons. The van der Waals surface area contributed by atoms with Crippen LogP contribution in [0, 0.1) is 0 Å². The Morgan fingerprint density at radius 1 is 1.25 bits per heavy atom. The van der Waals surface area contributed by atoms with Crippen LogP contribution in [0.3, 0.4) is 0 Å². The van der Waals surface area contributed by atoms with Crippen molar-refractivity contribution in [2.45, 2.75) is 0 Å². The van der Waals surface area contributed by atoms with Crippen molar-refractivity contribution in [3.05, 3.63) is 42.7 Å².